The Balaban J connectivity index is 2.49. The molecule has 0 amide bonds. The van der Waals surface area contributed by atoms with Crippen LogP contribution in [-0.4, -0.2) is 31.0 Å². The number of nitrogens with zero attached hydrogens (tertiary/aromatic N) is 1. The van der Waals surface area contributed by atoms with Crippen molar-refractivity contribution in [3.8, 4) is 0 Å². The van der Waals surface area contributed by atoms with Crippen LogP contribution in [0.1, 0.15) is 12.0 Å². The standard InChI is InChI=1S/C12H18F2N2/c13-12(14)10-16(8-4-7-15)9-11-5-2-1-3-6-11/h1-3,5-6,12H,4,7-10,15H2. The molecule has 2 N–H and O–H groups in total. The van der Waals surface area contributed by atoms with E-state index >= 15 is 0 Å². The van der Waals surface area contributed by atoms with Crippen molar-refractivity contribution in [3.63, 3.8) is 0 Å². The Bertz CT molecular complexity index is 278. The van der Waals surface area contributed by atoms with E-state index in [1.165, 1.54) is 0 Å². The maximum atomic E-state index is 12.3. The van der Waals surface area contributed by atoms with Crippen LogP contribution in [0, 0.1) is 0 Å². The summed E-state index contributed by atoms with van der Waals surface area (Å²) in [6.45, 7) is 1.53. The molecule has 0 aliphatic heterocycles. The Morgan fingerprint density at radius 3 is 2.44 bits per heavy atom. The molecule has 0 aliphatic carbocycles. The molecule has 0 radical (unpaired) electrons. The first kappa shape index (κ1) is 13.1. The molecule has 1 aromatic rings. The van der Waals surface area contributed by atoms with Crippen molar-refractivity contribution in [1.29, 1.82) is 0 Å². The molecule has 4 heteroatoms. The van der Waals surface area contributed by atoms with Crippen molar-refractivity contribution in [2.75, 3.05) is 19.6 Å². The number of hydrogen-bond acceptors (Lipinski definition) is 2. The topological polar surface area (TPSA) is 29.3 Å². The number of hydrogen-bond donors (Lipinski definition) is 1. The number of halogens is 2. The van der Waals surface area contributed by atoms with Gasteiger partial charge in [-0.1, -0.05) is 30.3 Å². The number of alkyl halides is 2. The summed E-state index contributed by atoms with van der Waals surface area (Å²) < 4.78 is 24.7. The van der Waals surface area contributed by atoms with Gasteiger partial charge in [0.1, 0.15) is 0 Å². The van der Waals surface area contributed by atoms with Crippen LogP contribution in [0.25, 0.3) is 0 Å². The number of rotatable bonds is 7. The summed E-state index contributed by atoms with van der Waals surface area (Å²) in [7, 11) is 0. The Morgan fingerprint density at radius 2 is 1.88 bits per heavy atom. The second-order valence-corrected chi connectivity index (χ2v) is 3.75. The summed E-state index contributed by atoms with van der Waals surface area (Å²) in [6.07, 6.45) is -1.54. The molecular weight excluding hydrogens is 210 g/mol. The minimum Gasteiger partial charge on any atom is -0.330 e. The Kier molecular flexibility index (Phi) is 5.96. The van der Waals surface area contributed by atoms with Crippen molar-refractivity contribution in [2.45, 2.75) is 19.4 Å². The van der Waals surface area contributed by atoms with Crippen LogP contribution < -0.4 is 5.73 Å². The van der Waals surface area contributed by atoms with Crippen LogP contribution in [0.2, 0.25) is 0 Å². The highest BCUT2D eigenvalue weighted by Crippen LogP contribution is 2.07. The predicted octanol–water partition coefficient (Wildman–Crippen LogP) is 2.10. The molecule has 90 valence electrons. The van der Waals surface area contributed by atoms with Crippen molar-refractivity contribution >= 4 is 0 Å². The summed E-state index contributed by atoms with van der Waals surface area (Å²) in [6, 6.07) is 9.64. The third-order valence-electron chi connectivity index (χ3n) is 2.32. The summed E-state index contributed by atoms with van der Waals surface area (Å²) in [5, 5.41) is 0. The van der Waals surface area contributed by atoms with E-state index < -0.39 is 6.43 Å². The third-order valence-corrected chi connectivity index (χ3v) is 2.32. The second-order valence-electron chi connectivity index (χ2n) is 3.75. The van der Waals surface area contributed by atoms with Gasteiger partial charge < -0.3 is 5.73 Å². The summed E-state index contributed by atoms with van der Waals surface area (Å²) in [5.74, 6) is 0. The van der Waals surface area contributed by atoms with Gasteiger partial charge in [-0.25, -0.2) is 8.78 Å². The maximum Gasteiger partial charge on any atom is 0.251 e. The smallest absolute Gasteiger partial charge is 0.251 e. The van der Waals surface area contributed by atoms with Gasteiger partial charge in [-0.05, 0) is 25.1 Å². The van der Waals surface area contributed by atoms with Gasteiger partial charge in [-0.2, -0.15) is 0 Å². The molecule has 0 heterocycles. The molecule has 0 saturated carbocycles. The molecule has 0 aliphatic rings. The highest BCUT2D eigenvalue weighted by molar-refractivity contribution is 5.14. The fourth-order valence-corrected chi connectivity index (χ4v) is 1.59. The molecule has 1 rings (SSSR count). The second kappa shape index (κ2) is 7.30. The van der Waals surface area contributed by atoms with Crippen LogP contribution in [0.15, 0.2) is 30.3 Å². The van der Waals surface area contributed by atoms with Crippen molar-refractivity contribution in [1.82, 2.24) is 4.90 Å². The predicted molar refractivity (Wildman–Crippen MR) is 61.4 cm³/mol. The van der Waals surface area contributed by atoms with E-state index in [0.29, 0.717) is 19.6 Å². The van der Waals surface area contributed by atoms with Crippen LogP contribution in [0.3, 0.4) is 0 Å². The molecule has 0 saturated heterocycles. The number of benzene rings is 1. The van der Waals surface area contributed by atoms with Crippen LogP contribution in [0.5, 0.6) is 0 Å². The lowest BCUT2D eigenvalue weighted by Gasteiger charge is -2.21. The van der Waals surface area contributed by atoms with Crippen LogP contribution in [-0.2, 0) is 6.54 Å². The zero-order valence-electron chi connectivity index (χ0n) is 9.28. The molecule has 0 bridgehead atoms. The van der Waals surface area contributed by atoms with E-state index in [4.69, 9.17) is 5.73 Å². The molecule has 0 aromatic heterocycles. The normalized spacial score (nSPS) is 11.3. The van der Waals surface area contributed by atoms with E-state index in [0.717, 1.165) is 12.0 Å². The lowest BCUT2D eigenvalue weighted by Crippen LogP contribution is -2.30. The molecule has 1 aromatic carbocycles. The molecule has 0 unspecified atom stereocenters. The molecule has 2 nitrogen and oxygen atoms in total. The fourth-order valence-electron chi connectivity index (χ4n) is 1.59. The van der Waals surface area contributed by atoms with E-state index in [1.54, 1.807) is 4.90 Å². The highest BCUT2D eigenvalue weighted by atomic mass is 19.3. The largest absolute Gasteiger partial charge is 0.330 e. The maximum absolute atomic E-state index is 12.3. The minimum absolute atomic E-state index is 0.186. The average Bonchev–Trinajstić information content (AvgIpc) is 2.26. The van der Waals surface area contributed by atoms with Gasteiger partial charge in [0.2, 0.25) is 0 Å². The average molecular weight is 228 g/mol. The van der Waals surface area contributed by atoms with E-state index in [9.17, 15) is 8.78 Å². The SMILES string of the molecule is NCCCN(Cc1ccccc1)CC(F)F. The zero-order valence-corrected chi connectivity index (χ0v) is 9.28. The van der Waals surface area contributed by atoms with Crippen molar-refractivity contribution in [2.24, 2.45) is 5.73 Å². The quantitative estimate of drug-likeness (QED) is 0.774. The Labute approximate surface area is 95.1 Å². The first-order valence-corrected chi connectivity index (χ1v) is 5.47. The Hall–Kier alpha value is -1.00. The van der Waals surface area contributed by atoms with Crippen molar-refractivity contribution in [3.05, 3.63) is 35.9 Å². The highest BCUT2D eigenvalue weighted by Gasteiger charge is 2.11. The molecular formula is C12H18F2N2. The summed E-state index contributed by atoms with van der Waals surface area (Å²) >= 11 is 0. The van der Waals surface area contributed by atoms with Gasteiger partial charge in [0.05, 0.1) is 6.54 Å². The van der Waals surface area contributed by atoms with Gasteiger partial charge in [0.25, 0.3) is 6.43 Å². The number of nitrogens with two attached hydrogens (primary N) is 1. The minimum atomic E-state index is -2.29. The monoisotopic (exact) mass is 228 g/mol. The van der Waals surface area contributed by atoms with Gasteiger partial charge in [0, 0.05) is 6.54 Å². The van der Waals surface area contributed by atoms with Crippen LogP contribution in [0.4, 0.5) is 8.78 Å². The lowest BCUT2D eigenvalue weighted by molar-refractivity contribution is 0.0843. The first-order valence-electron chi connectivity index (χ1n) is 5.47. The van der Waals surface area contributed by atoms with Crippen LogP contribution >= 0.6 is 0 Å². The fraction of sp³-hybridized carbons (Fsp3) is 0.500. The van der Waals surface area contributed by atoms with Gasteiger partial charge in [-0.3, -0.25) is 4.90 Å². The van der Waals surface area contributed by atoms with Gasteiger partial charge >= 0.3 is 0 Å². The molecule has 0 spiro atoms. The molecule has 0 fully saturated rings. The van der Waals surface area contributed by atoms with Gasteiger partial charge in [-0.15, -0.1) is 0 Å². The van der Waals surface area contributed by atoms with Gasteiger partial charge in [0.15, 0.2) is 0 Å². The Morgan fingerprint density at radius 1 is 1.19 bits per heavy atom. The summed E-state index contributed by atoms with van der Waals surface area (Å²) in [4.78, 5) is 1.74. The molecule has 0 atom stereocenters. The van der Waals surface area contributed by atoms with E-state index in [2.05, 4.69) is 0 Å². The summed E-state index contributed by atoms with van der Waals surface area (Å²) in [5.41, 5.74) is 6.44. The first-order chi connectivity index (χ1) is 7.72. The molecule has 16 heavy (non-hydrogen) atoms. The zero-order chi connectivity index (χ0) is 11.8. The van der Waals surface area contributed by atoms with Crippen molar-refractivity contribution < 1.29 is 8.78 Å². The van der Waals surface area contributed by atoms with E-state index in [-0.39, 0.29) is 6.54 Å². The lowest BCUT2D eigenvalue weighted by atomic mass is 10.2. The third kappa shape index (κ3) is 5.19. The van der Waals surface area contributed by atoms with E-state index in [1.807, 2.05) is 30.3 Å².